The van der Waals surface area contributed by atoms with Crippen LogP contribution in [0, 0.1) is 0 Å². The average molecular weight is 357 g/mol. The molecule has 0 heterocycles. The maximum Gasteiger partial charge on any atom is 0.314 e. The highest BCUT2D eigenvalue weighted by atomic mass is 79.9. The summed E-state index contributed by atoms with van der Waals surface area (Å²) in [6.07, 6.45) is 3.22. The Bertz CT molecular complexity index is 533. The predicted octanol–water partition coefficient (Wildman–Crippen LogP) is 4.14. The van der Waals surface area contributed by atoms with Gasteiger partial charge in [-0.2, -0.15) is 0 Å². The first-order valence-corrected chi connectivity index (χ1v) is 7.98. The van der Waals surface area contributed by atoms with Crippen molar-refractivity contribution >= 4 is 21.9 Å². The molecule has 1 aromatic carbocycles. The third-order valence-corrected chi connectivity index (χ3v) is 4.65. The van der Waals surface area contributed by atoms with Crippen molar-refractivity contribution in [2.24, 2.45) is 0 Å². The van der Waals surface area contributed by atoms with Gasteiger partial charge < -0.3 is 14.6 Å². The fraction of sp³-hybridized carbons (Fsp3) is 0.562. The molecule has 1 fully saturated rings. The first-order valence-electron chi connectivity index (χ1n) is 7.19. The molecule has 0 saturated heterocycles. The summed E-state index contributed by atoms with van der Waals surface area (Å²) in [4.78, 5) is 11.8. The Labute approximate surface area is 133 Å². The van der Waals surface area contributed by atoms with Crippen molar-refractivity contribution in [2.45, 2.75) is 51.0 Å². The number of carbonyl (C=O) groups is 1. The molecule has 116 valence electrons. The van der Waals surface area contributed by atoms with E-state index in [-0.39, 0.29) is 6.10 Å². The molecule has 0 radical (unpaired) electrons. The van der Waals surface area contributed by atoms with Gasteiger partial charge in [-0.25, -0.2) is 0 Å². The molecule has 1 N–H and O–H groups in total. The SMILES string of the molecule is COc1cc(C2(C(=O)O)CCCC2)c(Br)cc1OC(C)C. The standard InChI is InChI=1S/C16H21BrO4/c1-10(2)21-14-9-12(17)11(8-13(14)20-3)16(15(18)19)6-4-5-7-16/h8-10H,4-7H2,1-3H3,(H,18,19). The normalized spacial score (nSPS) is 17.0. The van der Waals surface area contributed by atoms with Crippen LogP contribution in [0.2, 0.25) is 0 Å². The van der Waals surface area contributed by atoms with Gasteiger partial charge in [-0.3, -0.25) is 4.79 Å². The monoisotopic (exact) mass is 356 g/mol. The van der Waals surface area contributed by atoms with Crippen LogP contribution in [0.15, 0.2) is 16.6 Å². The number of carboxylic acids is 1. The second-order valence-corrected chi connectivity index (χ2v) is 6.60. The molecule has 0 bridgehead atoms. The second kappa shape index (κ2) is 6.26. The van der Waals surface area contributed by atoms with Crippen LogP contribution in [0.5, 0.6) is 11.5 Å². The minimum Gasteiger partial charge on any atom is -0.493 e. The summed E-state index contributed by atoms with van der Waals surface area (Å²) in [5.74, 6) is 0.441. The Balaban J connectivity index is 2.52. The highest BCUT2D eigenvalue weighted by Crippen LogP contribution is 2.47. The maximum absolute atomic E-state index is 11.8. The lowest BCUT2D eigenvalue weighted by atomic mass is 9.79. The molecule has 4 nitrogen and oxygen atoms in total. The highest BCUT2D eigenvalue weighted by molar-refractivity contribution is 9.10. The minimum atomic E-state index is -0.817. The summed E-state index contributed by atoms with van der Waals surface area (Å²) in [6, 6.07) is 3.62. The van der Waals surface area contributed by atoms with E-state index in [0.717, 1.165) is 22.9 Å². The molecule has 1 aliphatic carbocycles. The average Bonchev–Trinajstić information content (AvgIpc) is 2.88. The zero-order valence-electron chi connectivity index (χ0n) is 12.6. The van der Waals surface area contributed by atoms with Crippen LogP contribution in [-0.2, 0) is 10.2 Å². The van der Waals surface area contributed by atoms with Crippen molar-refractivity contribution in [1.82, 2.24) is 0 Å². The van der Waals surface area contributed by atoms with Gasteiger partial charge in [-0.15, -0.1) is 0 Å². The predicted molar refractivity (Wildman–Crippen MR) is 84.2 cm³/mol. The Morgan fingerprint density at radius 3 is 2.38 bits per heavy atom. The van der Waals surface area contributed by atoms with E-state index in [2.05, 4.69) is 15.9 Å². The highest BCUT2D eigenvalue weighted by Gasteiger charge is 2.44. The number of ether oxygens (including phenoxy) is 2. The molecule has 1 aromatic rings. The van der Waals surface area contributed by atoms with Crippen molar-refractivity contribution in [3.8, 4) is 11.5 Å². The summed E-state index contributed by atoms with van der Waals surface area (Å²) in [7, 11) is 1.57. The van der Waals surface area contributed by atoms with E-state index in [1.165, 1.54) is 0 Å². The van der Waals surface area contributed by atoms with Crippen LogP contribution in [-0.4, -0.2) is 24.3 Å². The van der Waals surface area contributed by atoms with E-state index in [4.69, 9.17) is 9.47 Å². The van der Waals surface area contributed by atoms with Crippen molar-refractivity contribution in [2.75, 3.05) is 7.11 Å². The van der Waals surface area contributed by atoms with Crippen molar-refractivity contribution in [3.63, 3.8) is 0 Å². The molecule has 0 aromatic heterocycles. The van der Waals surface area contributed by atoms with Gasteiger partial charge in [-0.1, -0.05) is 28.8 Å². The van der Waals surface area contributed by atoms with Gasteiger partial charge in [0.25, 0.3) is 0 Å². The van der Waals surface area contributed by atoms with E-state index in [1.807, 2.05) is 19.9 Å². The molecule has 0 unspecified atom stereocenters. The van der Waals surface area contributed by atoms with Gasteiger partial charge in [0.2, 0.25) is 0 Å². The smallest absolute Gasteiger partial charge is 0.314 e. The fourth-order valence-corrected chi connectivity index (χ4v) is 3.69. The quantitative estimate of drug-likeness (QED) is 0.861. The fourth-order valence-electron chi connectivity index (χ4n) is 2.98. The number of halogens is 1. The molecular formula is C16H21BrO4. The molecule has 5 heteroatoms. The lowest BCUT2D eigenvalue weighted by Gasteiger charge is -2.27. The van der Waals surface area contributed by atoms with Gasteiger partial charge in [0, 0.05) is 4.47 Å². The molecular weight excluding hydrogens is 336 g/mol. The van der Waals surface area contributed by atoms with Crippen LogP contribution in [0.1, 0.15) is 45.1 Å². The number of rotatable bonds is 5. The number of hydrogen-bond acceptors (Lipinski definition) is 3. The minimum absolute atomic E-state index is 0.0246. The van der Waals surface area contributed by atoms with Gasteiger partial charge in [0.1, 0.15) is 0 Å². The lowest BCUT2D eigenvalue weighted by molar-refractivity contribution is -0.143. The zero-order valence-corrected chi connectivity index (χ0v) is 14.2. The third kappa shape index (κ3) is 3.03. The number of hydrogen-bond donors (Lipinski definition) is 1. The topological polar surface area (TPSA) is 55.8 Å². The van der Waals surface area contributed by atoms with Crippen LogP contribution >= 0.6 is 15.9 Å². The maximum atomic E-state index is 11.8. The number of benzene rings is 1. The summed E-state index contributed by atoms with van der Waals surface area (Å²) in [6.45, 7) is 3.88. The van der Waals surface area contributed by atoms with E-state index in [9.17, 15) is 9.90 Å². The zero-order chi connectivity index (χ0) is 15.6. The van der Waals surface area contributed by atoms with E-state index < -0.39 is 11.4 Å². The van der Waals surface area contributed by atoms with E-state index >= 15 is 0 Å². The van der Waals surface area contributed by atoms with Crippen LogP contribution in [0.25, 0.3) is 0 Å². The summed E-state index contributed by atoms with van der Waals surface area (Å²) in [5.41, 5.74) is -0.0388. The van der Waals surface area contributed by atoms with Crippen molar-refractivity contribution < 1.29 is 19.4 Å². The van der Waals surface area contributed by atoms with Gasteiger partial charge in [0.15, 0.2) is 11.5 Å². The molecule has 0 atom stereocenters. The van der Waals surface area contributed by atoms with Gasteiger partial charge >= 0.3 is 5.97 Å². The molecule has 1 saturated carbocycles. The van der Waals surface area contributed by atoms with E-state index in [1.54, 1.807) is 13.2 Å². The molecule has 0 spiro atoms. The summed E-state index contributed by atoms with van der Waals surface area (Å²) in [5, 5.41) is 9.73. The van der Waals surface area contributed by atoms with Crippen LogP contribution in [0.3, 0.4) is 0 Å². The van der Waals surface area contributed by atoms with E-state index in [0.29, 0.717) is 24.3 Å². The third-order valence-electron chi connectivity index (χ3n) is 4.00. The Morgan fingerprint density at radius 1 is 1.29 bits per heavy atom. The summed E-state index contributed by atoms with van der Waals surface area (Å²) < 4.78 is 11.9. The summed E-state index contributed by atoms with van der Waals surface area (Å²) >= 11 is 3.52. The van der Waals surface area contributed by atoms with Crippen molar-refractivity contribution in [1.29, 1.82) is 0 Å². The largest absolute Gasteiger partial charge is 0.493 e. The van der Waals surface area contributed by atoms with Crippen LogP contribution in [0.4, 0.5) is 0 Å². The number of aliphatic carboxylic acids is 1. The molecule has 0 amide bonds. The first-order chi connectivity index (χ1) is 9.90. The Morgan fingerprint density at radius 2 is 1.90 bits per heavy atom. The lowest BCUT2D eigenvalue weighted by Crippen LogP contribution is -2.33. The number of methoxy groups -OCH3 is 1. The van der Waals surface area contributed by atoms with Gasteiger partial charge in [0.05, 0.1) is 18.6 Å². The molecule has 1 aliphatic rings. The van der Waals surface area contributed by atoms with Crippen LogP contribution < -0.4 is 9.47 Å². The molecule has 2 rings (SSSR count). The Kier molecular flexibility index (Phi) is 4.81. The molecule has 21 heavy (non-hydrogen) atoms. The first kappa shape index (κ1) is 16.1. The second-order valence-electron chi connectivity index (χ2n) is 5.74. The van der Waals surface area contributed by atoms with Gasteiger partial charge in [-0.05, 0) is 44.4 Å². The number of carboxylic acid groups (broad SMARTS) is 1. The molecule has 0 aliphatic heterocycles. The Hall–Kier alpha value is -1.23. The van der Waals surface area contributed by atoms with Crippen molar-refractivity contribution in [3.05, 3.63) is 22.2 Å².